The van der Waals surface area contributed by atoms with E-state index in [1.807, 2.05) is 12.1 Å². The van der Waals surface area contributed by atoms with Gasteiger partial charge >= 0.3 is 0 Å². The minimum atomic E-state index is 0.703. The van der Waals surface area contributed by atoms with Gasteiger partial charge in [-0.15, -0.1) is 4.80 Å². The maximum absolute atomic E-state index is 4.09. The van der Waals surface area contributed by atoms with Gasteiger partial charge in [0, 0.05) is 10.7 Å². The third-order valence-corrected chi connectivity index (χ3v) is 1.82. The predicted molar refractivity (Wildman–Crippen MR) is 46.9 cm³/mol. The van der Waals surface area contributed by atoms with Crippen LogP contribution in [0.3, 0.4) is 0 Å². The zero-order valence-corrected chi connectivity index (χ0v) is 7.64. The van der Waals surface area contributed by atoms with E-state index >= 15 is 0 Å². The lowest BCUT2D eigenvalue weighted by Crippen LogP contribution is -2.00. The largest absolute Gasteiger partial charge is 0.236 e. The molecule has 2 rings (SSSR count). The van der Waals surface area contributed by atoms with E-state index in [0.717, 1.165) is 4.47 Å². The van der Waals surface area contributed by atoms with Gasteiger partial charge < -0.3 is 0 Å². The average molecular weight is 225 g/mol. The highest BCUT2D eigenvalue weighted by Crippen LogP contribution is 2.10. The van der Waals surface area contributed by atoms with Gasteiger partial charge in [-0.2, -0.15) is 10.2 Å². The van der Waals surface area contributed by atoms with Gasteiger partial charge in [0.2, 0.25) is 0 Å². The molecule has 5 heteroatoms. The molecule has 0 atom stereocenters. The molecule has 0 unspecified atom stereocenters. The number of hydrogen-bond acceptors (Lipinski definition) is 3. The lowest BCUT2D eigenvalue weighted by atomic mass is 10.5. The lowest BCUT2D eigenvalue weighted by Gasteiger charge is -1.96. The summed E-state index contributed by atoms with van der Waals surface area (Å²) >= 11 is 3.34. The van der Waals surface area contributed by atoms with Crippen molar-refractivity contribution in [3.8, 4) is 5.82 Å². The van der Waals surface area contributed by atoms with Crippen LogP contribution in [0.1, 0.15) is 0 Å². The summed E-state index contributed by atoms with van der Waals surface area (Å²) in [6.07, 6.45) is 4.92. The Kier molecular flexibility index (Phi) is 1.87. The molecule has 0 aliphatic rings. The van der Waals surface area contributed by atoms with Crippen LogP contribution >= 0.6 is 15.9 Å². The van der Waals surface area contributed by atoms with Crippen LogP contribution in [0.2, 0.25) is 0 Å². The van der Waals surface area contributed by atoms with Crippen molar-refractivity contribution in [1.29, 1.82) is 0 Å². The SMILES string of the molecule is Brc1ccnc(-n2nccn2)c1. The lowest BCUT2D eigenvalue weighted by molar-refractivity contribution is 0.729. The molecule has 12 heavy (non-hydrogen) atoms. The molecule has 0 bridgehead atoms. The summed E-state index contributed by atoms with van der Waals surface area (Å²) in [5, 5.41) is 7.90. The highest BCUT2D eigenvalue weighted by atomic mass is 79.9. The Balaban J connectivity index is 2.48. The van der Waals surface area contributed by atoms with Crippen LogP contribution in [0.4, 0.5) is 0 Å². The summed E-state index contributed by atoms with van der Waals surface area (Å²) in [6.45, 7) is 0. The summed E-state index contributed by atoms with van der Waals surface area (Å²) < 4.78 is 0.963. The molecule has 0 saturated carbocycles. The van der Waals surface area contributed by atoms with Gasteiger partial charge in [-0.1, -0.05) is 15.9 Å². The molecular formula is C7H5BrN4. The zero-order valence-electron chi connectivity index (χ0n) is 6.05. The average Bonchev–Trinajstić information content (AvgIpc) is 2.56. The van der Waals surface area contributed by atoms with Gasteiger partial charge in [0.05, 0.1) is 12.4 Å². The van der Waals surface area contributed by atoms with Crippen LogP contribution in [-0.2, 0) is 0 Å². The van der Waals surface area contributed by atoms with Gasteiger partial charge in [-0.25, -0.2) is 4.98 Å². The van der Waals surface area contributed by atoms with Gasteiger partial charge in [0.25, 0.3) is 0 Å². The van der Waals surface area contributed by atoms with Crippen molar-refractivity contribution in [1.82, 2.24) is 20.0 Å². The van der Waals surface area contributed by atoms with Crippen molar-refractivity contribution in [2.24, 2.45) is 0 Å². The van der Waals surface area contributed by atoms with Crippen molar-refractivity contribution in [3.05, 3.63) is 35.2 Å². The molecule has 0 radical (unpaired) electrons. The summed E-state index contributed by atoms with van der Waals surface area (Å²) in [5.41, 5.74) is 0. The van der Waals surface area contributed by atoms with Crippen molar-refractivity contribution >= 4 is 15.9 Å². The second-order valence-corrected chi connectivity index (χ2v) is 3.07. The molecule has 2 aromatic rings. The monoisotopic (exact) mass is 224 g/mol. The van der Waals surface area contributed by atoms with Crippen LogP contribution in [0.5, 0.6) is 0 Å². The summed E-state index contributed by atoms with van der Waals surface area (Å²) in [5.74, 6) is 0.703. The number of halogens is 1. The third kappa shape index (κ3) is 1.35. The smallest absolute Gasteiger partial charge is 0.175 e. The van der Waals surface area contributed by atoms with Crippen molar-refractivity contribution in [2.45, 2.75) is 0 Å². The highest BCUT2D eigenvalue weighted by molar-refractivity contribution is 9.10. The van der Waals surface area contributed by atoms with E-state index in [9.17, 15) is 0 Å². The number of aromatic nitrogens is 4. The Bertz CT molecular complexity index is 371. The third-order valence-electron chi connectivity index (χ3n) is 1.33. The fourth-order valence-corrected chi connectivity index (χ4v) is 1.16. The zero-order chi connectivity index (χ0) is 8.39. The van der Waals surface area contributed by atoms with Crippen LogP contribution in [0, 0.1) is 0 Å². The molecule has 2 heterocycles. The van der Waals surface area contributed by atoms with E-state index in [1.54, 1.807) is 18.6 Å². The Morgan fingerprint density at radius 1 is 1.17 bits per heavy atom. The quantitative estimate of drug-likeness (QED) is 0.737. The van der Waals surface area contributed by atoms with Gasteiger partial charge in [0.15, 0.2) is 5.82 Å². The standard InChI is InChI=1S/C7H5BrN4/c8-6-1-2-9-7(5-6)12-10-3-4-11-12/h1-5H. The predicted octanol–water partition coefficient (Wildman–Crippen LogP) is 1.42. The first-order chi connectivity index (χ1) is 5.86. The van der Waals surface area contributed by atoms with Gasteiger partial charge in [-0.3, -0.25) is 0 Å². The summed E-state index contributed by atoms with van der Waals surface area (Å²) in [7, 11) is 0. The fourth-order valence-electron chi connectivity index (χ4n) is 0.837. The van der Waals surface area contributed by atoms with Crippen molar-refractivity contribution < 1.29 is 0 Å². The minimum Gasteiger partial charge on any atom is -0.236 e. The van der Waals surface area contributed by atoms with E-state index in [-0.39, 0.29) is 0 Å². The molecule has 4 nitrogen and oxygen atoms in total. The van der Waals surface area contributed by atoms with E-state index in [2.05, 4.69) is 31.1 Å². The topological polar surface area (TPSA) is 43.6 Å². The number of hydrogen-bond donors (Lipinski definition) is 0. The van der Waals surface area contributed by atoms with Crippen LogP contribution in [-0.4, -0.2) is 20.0 Å². The molecule has 0 aliphatic carbocycles. The number of rotatable bonds is 1. The van der Waals surface area contributed by atoms with E-state index in [0.29, 0.717) is 5.82 Å². The maximum Gasteiger partial charge on any atom is 0.175 e. The molecule has 60 valence electrons. The summed E-state index contributed by atoms with van der Waals surface area (Å²) in [4.78, 5) is 5.55. The first kappa shape index (κ1) is 7.42. The second-order valence-electron chi connectivity index (χ2n) is 2.15. The van der Waals surface area contributed by atoms with Gasteiger partial charge in [0.1, 0.15) is 0 Å². The first-order valence-electron chi connectivity index (χ1n) is 3.34. The Morgan fingerprint density at radius 2 is 1.92 bits per heavy atom. The normalized spacial score (nSPS) is 10.1. The Labute approximate surface area is 77.4 Å². The first-order valence-corrected chi connectivity index (χ1v) is 4.14. The van der Waals surface area contributed by atoms with E-state index in [1.165, 1.54) is 4.80 Å². The molecule has 0 spiro atoms. The Hall–Kier alpha value is -1.23. The minimum absolute atomic E-state index is 0.703. The maximum atomic E-state index is 4.09. The van der Waals surface area contributed by atoms with Crippen LogP contribution < -0.4 is 0 Å². The molecule has 0 saturated heterocycles. The number of nitrogens with zero attached hydrogens (tertiary/aromatic N) is 4. The second kappa shape index (κ2) is 3.02. The Morgan fingerprint density at radius 3 is 2.58 bits per heavy atom. The fraction of sp³-hybridized carbons (Fsp3) is 0. The molecule has 0 aromatic carbocycles. The van der Waals surface area contributed by atoms with E-state index in [4.69, 9.17) is 0 Å². The van der Waals surface area contributed by atoms with Gasteiger partial charge in [-0.05, 0) is 12.1 Å². The van der Waals surface area contributed by atoms with Crippen LogP contribution in [0.15, 0.2) is 35.2 Å². The molecule has 0 fully saturated rings. The molecule has 2 aromatic heterocycles. The molecule has 0 amide bonds. The van der Waals surface area contributed by atoms with E-state index < -0.39 is 0 Å². The molecule has 0 N–H and O–H groups in total. The van der Waals surface area contributed by atoms with Crippen molar-refractivity contribution in [3.63, 3.8) is 0 Å². The van der Waals surface area contributed by atoms with Crippen molar-refractivity contribution in [2.75, 3.05) is 0 Å². The number of pyridine rings is 1. The highest BCUT2D eigenvalue weighted by Gasteiger charge is 1.97. The summed E-state index contributed by atoms with van der Waals surface area (Å²) in [6, 6.07) is 3.70. The molecule has 0 aliphatic heterocycles. The van der Waals surface area contributed by atoms with Crippen LogP contribution in [0.25, 0.3) is 5.82 Å². The molecular weight excluding hydrogens is 220 g/mol.